The first-order chi connectivity index (χ1) is 23.5. The monoisotopic (exact) mass is 827 g/mol. The molecule has 1 radical (unpaired) electrons. The normalized spacial score (nSPS) is 12.3. The third-order valence-electron chi connectivity index (χ3n) is 9.81. The molecule has 0 spiro atoms. The molecule has 1 aliphatic rings. The zero-order valence-corrected chi connectivity index (χ0v) is 31.2. The van der Waals surface area contributed by atoms with Gasteiger partial charge in [0.05, 0.1) is 5.76 Å². The van der Waals surface area contributed by atoms with Crippen LogP contribution in [0.2, 0.25) is 0 Å². The molecule has 0 saturated carbocycles. The molecule has 2 aromatic heterocycles. The summed E-state index contributed by atoms with van der Waals surface area (Å²) in [6, 6.07) is 35.4. The molecule has 0 aliphatic heterocycles. The Kier molecular flexibility index (Phi) is 12.0. The van der Waals surface area contributed by atoms with Crippen LogP contribution >= 0.6 is 0 Å². The summed E-state index contributed by atoms with van der Waals surface area (Å²) in [7, 11) is 0. The third kappa shape index (κ3) is 7.49. The van der Waals surface area contributed by atoms with Gasteiger partial charge in [-0.3, -0.25) is 9.78 Å². The number of rotatable bonds is 9. The maximum Gasteiger partial charge on any atom is 0.162 e. The van der Waals surface area contributed by atoms with E-state index >= 15 is 0 Å². The molecule has 2 heterocycles. The summed E-state index contributed by atoms with van der Waals surface area (Å²) in [6.07, 6.45) is 8.83. The first-order valence-corrected chi connectivity index (χ1v) is 17.4. The Labute approximate surface area is 303 Å². The second-order valence-electron chi connectivity index (χ2n) is 12.6. The molecule has 6 aromatic rings. The number of hydrogen-bond donors (Lipinski definition) is 1. The molecule has 1 aliphatic carbocycles. The molecule has 0 atom stereocenters. The number of pyridine rings is 1. The number of aryl methyl sites for hydroxylation is 2. The number of nitrogens with zero attached hydrogens (tertiary/aromatic N) is 1. The third-order valence-corrected chi connectivity index (χ3v) is 9.81. The Morgan fingerprint density at radius 3 is 2.22 bits per heavy atom. The van der Waals surface area contributed by atoms with E-state index < -0.39 is 0 Å². The molecular weight excluding hydrogens is 783 g/mol. The van der Waals surface area contributed by atoms with Gasteiger partial charge in [-0.2, -0.15) is 0 Å². The van der Waals surface area contributed by atoms with Gasteiger partial charge in [-0.15, -0.1) is 23.6 Å². The first kappa shape index (κ1) is 36.0. The molecule has 253 valence electrons. The number of benzene rings is 4. The predicted molar refractivity (Wildman–Crippen MR) is 198 cm³/mol. The quantitative estimate of drug-likeness (QED) is 0.0896. The van der Waals surface area contributed by atoms with Crippen LogP contribution in [-0.2, 0) is 37.7 Å². The Morgan fingerprint density at radius 2 is 1.49 bits per heavy atom. The summed E-state index contributed by atoms with van der Waals surface area (Å²) >= 11 is 0. The van der Waals surface area contributed by atoms with E-state index in [0.717, 1.165) is 71.9 Å². The van der Waals surface area contributed by atoms with E-state index in [-0.39, 0.29) is 43.5 Å². The van der Waals surface area contributed by atoms with Crippen LogP contribution in [0, 0.1) is 17.9 Å². The molecule has 0 bridgehead atoms. The minimum absolute atomic E-state index is 0. The van der Waals surface area contributed by atoms with Crippen molar-refractivity contribution < 1.29 is 34.4 Å². The van der Waals surface area contributed by atoms with E-state index in [4.69, 9.17) is 9.40 Å². The minimum atomic E-state index is 0. The molecule has 1 N–H and O–H groups in total. The van der Waals surface area contributed by atoms with Gasteiger partial charge in [0.15, 0.2) is 5.78 Å². The fourth-order valence-electron chi connectivity index (χ4n) is 6.95. The van der Waals surface area contributed by atoms with Gasteiger partial charge in [0, 0.05) is 66.4 Å². The van der Waals surface area contributed by atoms with Crippen molar-refractivity contribution >= 4 is 27.5 Å². The molecule has 49 heavy (non-hydrogen) atoms. The number of hydrogen-bond acceptors (Lipinski definition) is 4. The summed E-state index contributed by atoms with van der Waals surface area (Å²) in [6.45, 7) is 8.07. The fraction of sp³-hybridized carbons (Fsp3) is 0.273. The Bertz CT molecular complexity index is 2070. The maximum absolute atomic E-state index is 11.7. The molecule has 7 rings (SSSR count). The van der Waals surface area contributed by atoms with Crippen molar-refractivity contribution in [3.63, 3.8) is 0 Å². The first-order valence-electron chi connectivity index (χ1n) is 17.4. The second-order valence-corrected chi connectivity index (χ2v) is 12.6. The van der Waals surface area contributed by atoms with Gasteiger partial charge in [0.1, 0.15) is 11.3 Å². The average molecular weight is 827 g/mol. The molecule has 5 heteroatoms. The van der Waals surface area contributed by atoms with Crippen molar-refractivity contribution in [2.45, 2.75) is 66.2 Å². The SMILES string of the molecule is CCC(CC)C(=O)/C=C(\O)C(CC)CC.[Ir].[c-]1c(-c2nccc3c4c(oc23)-c2ccccc2CC4)cc(-c2ccccc2)c2ccccc12. The van der Waals surface area contributed by atoms with E-state index in [1.165, 1.54) is 39.3 Å². The fourth-order valence-corrected chi connectivity index (χ4v) is 6.95. The Morgan fingerprint density at radius 1 is 0.816 bits per heavy atom. The van der Waals surface area contributed by atoms with Gasteiger partial charge in [-0.1, -0.05) is 117 Å². The second kappa shape index (κ2) is 16.4. The van der Waals surface area contributed by atoms with E-state index in [1.807, 2.05) is 33.9 Å². The van der Waals surface area contributed by atoms with Gasteiger partial charge in [-0.05, 0) is 55.7 Å². The van der Waals surface area contributed by atoms with E-state index in [0.29, 0.717) is 0 Å². The minimum Gasteiger partial charge on any atom is -0.512 e. The van der Waals surface area contributed by atoms with Crippen LogP contribution in [-0.4, -0.2) is 15.9 Å². The number of carbonyl (C=O) groups is 1. The molecule has 0 amide bonds. The number of carbonyl (C=O) groups excluding carboxylic acids is 1. The average Bonchev–Trinajstić information content (AvgIpc) is 3.52. The summed E-state index contributed by atoms with van der Waals surface area (Å²) < 4.78 is 6.58. The molecule has 4 nitrogen and oxygen atoms in total. The van der Waals surface area contributed by atoms with Crippen LogP contribution in [0.15, 0.2) is 113 Å². The number of allylic oxidation sites excluding steroid dienone is 2. The number of aliphatic hydroxyl groups excluding tert-OH is 1. The van der Waals surface area contributed by atoms with Crippen molar-refractivity contribution in [1.29, 1.82) is 0 Å². The van der Waals surface area contributed by atoms with Crippen molar-refractivity contribution in [3.8, 4) is 33.7 Å². The smallest absolute Gasteiger partial charge is 0.162 e. The molecule has 0 saturated heterocycles. The summed E-state index contributed by atoms with van der Waals surface area (Å²) in [4.78, 5) is 16.5. The topological polar surface area (TPSA) is 63.3 Å². The van der Waals surface area contributed by atoms with E-state index in [9.17, 15) is 9.90 Å². The van der Waals surface area contributed by atoms with E-state index in [1.54, 1.807) is 0 Å². The standard InChI is InChI=1S/C31H20NO.C13H24O2.Ir/c1-2-8-20(9-3-1)28-19-23(18-22-11-5-6-12-24(22)28)29-31-27(16-17-32-29)26-15-14-21-10-4-7-13-25(21)30(26)33-31;1-5-10(6-2)12(14)9-13(15)11(7-3)8-4;/h1-13,16-17,19H,14-15H2;9-11,14H,5-8H2,1-4H3;/q-1;;/b;12-9-;. The number of furan rings is 1. The van der Waals surface area contributed by atoms with Crippen molar-refractivity contribution in [1.82, 2.24) is 4.98 Å². The number of aromatic nitrogens is 1. The van der Waals surface area contributed by atoms with Crippen LogP contribution in [0.1, 0.15) is 64.5 Å². The summed E-state index contributed by atoms with van der Waals surface area (Å²) in [5.74, 6) is 1.54. The van der Waals surface area contributed by atoms with Crippen molar-refractivity contribution in [2.75, 3.05) is 0 Å². The number of ketones is 1. The Balaban J connectivity index is 0.000000252. The number of fused-ring (bicyclic) bond motifs is 6. The summed E-state index contributed by atoms with van der Waals surface area (Å²) in [5, 5.41) is 13.2. The van der Waals surface area contributed by atoms with Gasteiger partial charge < -0.3 is 9.52 Å². The van der Waals surface area contributed by atoms with Crippen LogP contribution in [0.3, 0.4) is 0 Å². The largest absolute Gasteiger partial charge is 0.512 e. The van der Waals surface area contributed by atoms with Gasteiger partial charge in [0.25, 0.3) is 0 Å². The van der Waals surface area contributed by atoms with Crippen LogP contribution in [0.25, 0.3) is 55.4 Å². The number of aliphatic hydroxyl groups is 1. The van der Waals surface area contributed by atoms with Crippen molar-refractivity contribution in [2.24, 2.45) is 11.8 Å². The predicted octanol–water partition coefficient (Wildman–Crippen LogP) is 11.7. The zero-order valence-electron chi connectivity index (χ0n) is 28.8. The van der Waals surface area contributed by atoms with Gasteiger partial charge >= 0.3 is 0 Å². The van der Waals surface area contributed by atoms with Crippen LogP contribution in [0.5, 0.6) is 0 Å². The van der Waals surface area contributed by atoms with E-state index in [2.05, 4.69) is 97.1 Å². The van der Waals surface area contributed by atoms with Crippen LogP contribution < -0.4 is 0 Å². The van der Waals surface area contributed by atoms with Crippen LogP contribution in [0.4, 0.5) is 0 Å². The van der Waals surface area contributed by atoms with Gasteiger partial charge in [-0.25, -0.2) is 0 Å². The summed E-state index contributed by atoms with van der Waals surface area (Å²) in [5.41, 5.74) is 8.86. The molecule has 0 unspecified atom stereocenters. The molecular formula is C44H44IrNO3-. The molecule has 0 fully saturated rings. The Hall–Kier alpha value is -4.31. The van der Waals surface area contributed by atoms with Crippen molar-refractivity contribution in [3.05, 3.63) is 126 Å². The van der Waals surface area contributed by atoms with Gasteiger partial charge in [0.2, 0.25) is 0 Å². The molecule has 4 aromatic carbocycles. The zero-order chi connectivity index (χ0) is 33.6. The maximum atomic E-state index is 11.7.